The van der Waals surface area contributed by atoms with Gasteiger partial charge in [-0.2, -0.15) is 29.7 Å². The van der Waals surface area contributed by atoms with Crippen LogP contribution in [0.3, 0.4) is 0 Å². The maximum Gasteiger partial charge on any atom is 0.271 e. The molecule has 2 aromatic carbocycles. The van der Waals surface area contributed by atoms with E-state index in [2.05, 4.69) is 73.8 Å². The number of fused-ring (bicyclic) bond motifs is 2. The number of nitrogens with one attached hydrogen (secondary N) is 3. The molecule has 2 aliphatic rings. The molecule has 0 atom stereocenters. The van der Waals surface area contributed by atoms with Gasteiger partial charge in [-0.25, -0.2) is 9.50 Å². The van der Waals surface area contributed by atoms with Crippen LogP contribution >= 0.6 is 0 Å². The zero-order valence-electron chi connectivity index (χ0n) is 32.6. The monoisotopic (exact) mass is 765 g/mol. The topological polar surface area (TPSA) is 210 Å². The Bertz CT molecular complexity index is 2190. The van der Waals surface area contributed by atoms with Crippen LogP contribution in [0.5, 0.6) is 0 Å². The first-order valence-corrected chi connectivity index (χ1v) is 19.0. The fourth-order valence-electron chi connectivity index (χ4n) is 6.28. The number of rotatable bonds is 9. The lowest BCUT2D eigenvalue weighted by Crippen LogP contribution is -2.29. The predicted octanol–water partition coefficient (Wildman–Crippen LogP) is 6.91. The van der Waals surface area contributed by atoms with Gasteiger partial charge in [0.25, 0.3) is 5.69 Å². The minimum Gasteiger partial charge on any atom is -0.399 e. The van der Waals surface area contributed by atoms with Gasteiger partial charge in [-0.3, -0.25) is 10.1 Å². The molecule has 17 heteroatoms. The number of hydrogen-bond donors (Lipinski definition) is 4. The van der Waals surface area contributed by atoms with E-state index in [1.807, 2.05) is 37.4 Å². The third-order valence-electron chi connectivity index (χ3n) is 9.40. The van der Waals surface area contributed by atoms with Crippen LogP contribution < -0.4 is 21.7 Å². The van der Waals surface area contributed by atoms with Crippen molar-refractivity contribution in [3.8, 4) is 0 Å². The average Bonchev–Trinajstić information content (AvgIpc) is 3.81. The summed E-state index contributed by atoms with van der Waals surface area (Å²) < 4.78 is 14.1. The van der Waals surface area contributed by atoms with E-state index in [-0.39, 0.29) is 17.6 Å². The number of anilines is 5. The van der Waals surface area contributed by atoms with E-state index in [1.165, 1.54) is 17.7 Å². The van der Waals surface area contributed by atoms with Gasteiger partial charge in [0.2, 0.25) is 17.8 Å². The molecule has 6 aromatic rings. The molecule has 0 saturated carbocycles. The lowest BCUT2D eigenvalue weighted by Gasteiger charge is -2.23. The van der Waals surface area contributed by atoms with Crippen molar-refractivity contribution < 1.29 is 14.4 Å². The zero-order valence-corrected chi connectivity index (χ0v) is 32.6. The number of nitrogen functional groups attached to an aromatic ring is 1. The van der Waals surface area contributed by atoms with Crippen LogP contribution in [0.25, 0.3) is 11.3 Å². The Balaban J connectivity index is 0.000000167. The third-order valence-corrected chi connectivity index (χ3v) is 9.40. The summed E-state index contributed by atoms with van der Waals surface area (Å²) in [6, 6.07) is 14.7. The summed E-state index contributed by atoms with van der Waals surface area (Å²) in [5.41, 5.74) is 11.8. The second kappa shape index (κ2) is 18.6. The molecule has 296 valence electrons. The van der Waals surface area contributed by atoms with Gasteiger partial charge in [0.15, 0.2) is 11.3 Å². The van der Waals surface area contributed by atoms with Crippen molar-refractivity contribution in [3.63, 3.8) is 0 Å². The summed E-state index contributed by atoms with van der Waals surface area (Å²) in [6.07, 6.45) is 9.15. The molecule has 17 nitrogen and oxygen atoms in total. The minimum absolute atomic E-state index is 0.00388. The molecule has 0 radical (unpaired) electrons. The van der Waals surface area contributed by atoms with Crippen LogP contribution in [-0.4, -0.2) is 82.6 Å². The molecule has 56 heavy (non-hydrogen) atoms. The van der Waals surface area contributed by atoms with Gasteiger partial charge < -0.3 is 31.2 Å². The Morgan fingerprint density at radius 1 is 0.804 bits per heavy atom. The molecule has 0 aliphatic carbocycles. The van der Waals surface area contributed by atoms with Crippen molar-refractivity contribution >= 4 is 46.2 Å². The minimum atomic E-state index is -0.427. The average molecular weight is 766 g/mol. The Labute approximate surface area is 325 Å². The standard InChI is InChI=1S/C19H23N7O3.C13H19N5O.C7H9N/c1-12(2)16-11-20-25-17(16)23-18(21-13-6-8-29-9-7-13)24-19(25)22-14-4-3-5-15(10-14)26(27)28;1-9(2)11-7-15-18-8-14-13(17-12(11)18)16-10-3-5-19-6-4-10;1-6-3-2-4-7(8)5-6/h3-5,10-13H,6-9H2,1-2H3,(H2,21,22,23,24);7-10H,3-6H2,1-2H3,(H,16,17);2-5H,8H2,1H3. The van der Waals surface area contributed by atoms with Crippen LogP contribution in [0.4, 0.5) is 34.9 Å². The maximum atomic E-state index is 11.1. The number of benzene rings is 2. The molecule has 2 aliphatic heterocycles. The van der Waals surface area contributed by atoms with Crippen molar-refractivity contribution in [1.29, 1.82) is 0 Å². The lowest BCUT2D eigenvalue weighted by molar-refractivity contribution is -0.384. The molecule has 0 spiro atoms. The van der Waals surface area contributed by atoms with Crippen LogP contribution in [0.1, 0.15) is 81.9 Å². The Hall–Kier alpha value is -5.94. The summed E-state index contributed by atoms with van der Waals surface area (Å²) >= 11 is 0. The third kappa shape index (κ3) is 10.4. The SMILES string of the molecule is CC(C)c1cnn2c(Nc3cccc([N+](=O)[O-])c3)nc(NC3CCOCC3)nc12.CC(C)c1cnn2cnc(NC3CCOCC3)nc12.Cc1cccc(N)c1. The summed E-state index contributed by atoms with van der Waals surface area (Å²) in [5, 5.41) is 29.7. The van der Waals surface area contributed by atoms with Crippen molar-refractivity contribution in [2.75, 3.05) is 48.1 Å². The number of nitrogens with zero attached hydrogens (tertiary/aromatic N) is 9. The van der Waals surface area contributed by atoms with E-state index in [4.69, 9.17) is 15.2 Å². The fourth-order valence-corrected chi connectivity index (χ4v) is 6.28. The predicted molar refractivity (Wildman–Crippen MR) is 217 cm³/mol. The fraction of sp³-hybridized carbons (Fsp3) is 0.436. The number of nitrogens with two attached hydrogens (primary N) is 1. The molecular weight excluding hydrogens is 715 g/mol. The molecule has 4 aromatic heterocycles. The van der Waals surface area contributed by atoms with E-state index in [0.717, 1.165) is 61.4 Å². The van der Waals surface area contributed by atoms with Crippen LogP contribution in [0.2, 0.25) is 0 Å². The second-order valence-corrected chi connectivity index (χ2v) is 14.5. The van der Waals surface area contributed by atoms with E-state index in [0.29, 0.717) is 54.4 Å². The second-order valence-electron chi connectivity index (χ2n) is 14.5. The summed E-state index contributed by atoms with van der Waals surface area (Å²) in [7, 11) is 0. The van der Waals surface area contributed by atoms with Gasteiger partial charge in [0.1, 0.15) is 6.33 Å². The van der Waals surface area contributed by atoms with E-state index in [1.54, 1.807) is 33.7 Å². The molecular formula is C39H51N13O4. The zero-order chi connectivity index (χ0) is 39.6. The van der Waals surface area contributed by atoms with Gasteiger partial charge in [-0.05, 0) is 68.2 Å². The molecule has 2 fully saturated rings. The normalized spacial score (nSPS) is 14.9. The quantitative estimate of drug-likeness (QED) is 0.0670. The highest BCUT2D eigenvalue weighted by Gasteiger charge is 2.20. The van der Waals surface area contributed by atoms with Gasteiger partial charge in [0, 0.05) is 73.1 Å². The van der Waals surface area contributed by atoms with E-state index >= 15 is 0 Å². The summed E-state index contributed by atoms with van der Waals surface area (Å²) in [4.78, 5) is 28.8. The Morgan fingerprint density at radius 2 is 1.41 bits per heavy atom. The number of non-ortho nitro benzene ring substituents is 1. The van der Waals surface area contributed by atoms with Crippen molar-refractivity contribution in [1.82, 2.24) is 39.2 Å². The number of nitro groups is 1. The van der Waals surface area contributed by atoms with E-state index < -0.39 is 4.92 Å². The molecule has 2 saturated heterocycles. The number of ether oxygens (including phenoxy) is 2. The van der Waals surface area contributed by atoms with Crippen LogP contribution in [0.15, 0.2) is 67.3 Å². The number of aromatic nitrogens is 8. The molecule has 0 unspecified atom stereocenters. The van der Waals surface area contributed by atoms with Crippen molar-refractivity contribution in [2.24, 2.45) is 0 Å². The number of aryl methyl sites for hydroxylation is 1. The highest BCUT2D eigenvalue weighted by atomic mass is 16.6. The molecule has 0 amide bonds. The summed E-state index contributed by atoms with van der Waals surface area (Å²) in [5.74, 6) is 2.27. The first kappa shape index (κ1) is 39.7. The Kier molecular flexibility index (Phi) is 13.2. The summed E-state index contributed by atoms with van der Waals surface area (Å²) in [6.45, 7) is 13.5. The molecule has 0 bridgehead atoms. The molecule has 5 N–H and O–H groups in total. The van der Waals surface area contributed by atoms with Crippen molar-refractivity contribution in [3.05, 3.63) is 94.1 Å². The van der Waals surface area contributed by atoms with Gasteiger partial charge >= 0.3 is 0 Å². The molecule has 6 heterocycles. The van der Waals surface area contributed by atoms with Crippen LogP contribution in [0, 0.1) is 17.0 Å². The highest BCUT2D eigenvalue weighted by Crippen LogP contribution is 2.26. The Morgan fingerprint density at radius 3 is 2.02 bits per heavy atom. The largest absolute Gasteiger partial charge is 0.399 e. The van der Waals surface area contributed by atoms with Gasteiger partial charge in [-0.1, -0.05) is 45.9 Å². The molecule has 8 rings (SSSR count). The highest BCUT2D eigenvalue weighted by molar-refractivity contribution is 5.62. The number of hydrogen-bond acceptors (Lipinski definition) is 14. The first-order chi connectivity index (χ1) is 27.0. The van der Waals surface area contributed by atoms with Crippen molar-refractivity contribution in [2.45, 2.75) is 84.2 Å². The maximum absolute atomic E-state index is 11.1. The van der Waals surface area contributed by atoms with Crippen LogP contribution in [-0.2, 0) is 9.47 Å². The van der Waals surface area contributed by atoms with Gasteiger partial charge in [0.05, 0.1) is 17.3 Å². The van der Waals surface area contributed by atoms with E-state index in [9.17, 15) is 10.1 Å². The smallest absolute Gasteiger partial charge is 0.271 e. The lowest BCUT2D eigenvalue weighted by atomic mass is 10.1. The number of nitro benzene ring substituents is 1. The first-order valence-electron chi connectivity index (χ1n) is 19.0. The van der Waals surface area contributed by atoms with Gasteiger partial charge in [-0.15, -0.1) is 0 Å².